The van der Waals surface area contributed by atoms with Crippen LogP contribution < -0.4 is 10.6 Å². The maximum atomic E-state index is 12.8. The van der Waals surface area contributed by atoms with Gasteiger partial charge in [0.1, 0.15) is 5.15 Å². The summed E-state index contributed by atoms with van der Waals surface area (Å²) in [7, 11) is 0. The third kappa shape index (κ3) is 3.68. The summed E-state index contributed by atoms with van der Waals surface area (Å²) < 4.78 is 0. The Morgan fingerprint density at radius 2 is 2.29 bits per heavy atom. The van der Waals surface area contributed by atoms with Crippen LogP contribution in [0.15, 0.2) is 6.07 Å². The molecular weight excluding hydrogens is 309 g/mol. The summed E-state index contributed by atoms with van der Waals surface area (Å²) in [5.41, 5.74) is 1.03. The molecule has 1 atom stereocenters. The van der Waals surface area contributed by atoms with E-state index in [0.29, 0.717) is 17.4 Å². The van der Waals surface area contributed by atoms with Gasteiger partial charge in [0.05, 0.1) is 11.1 Å². The first kappa shape index (κ1) is 16.5. The minimum absolute atomic E-state index is 0.0191. The van der Waals surface area contributed by atoms with Crippen LogP contribution in [0, 0.1) is 12.3 Å². The summed E-state index contributed by atoms with van der Waals surface area (Å²) in [4.78, 5) is 16.8. The van der Waals surface area contributed by atoms with Crippen LogP contribution in [0.4, 0.5) is 5.69 Å². The van der Waals surface area contributed by atoms with Gasteiger partial charge in [-0.05, 0) is 44.4 Å². The van der Waals surface area contributed by atoms with Crippen LogP contribution in [-0.2, 0) is 4.79 Å². The number of pyridine rings is 1. The van der Waals surface area contributed by atoms with E-state index in [9.17, 15) is 4.79 Å². The van der Waals surface area contributed by atoms with Crippen molar-refractivity contribution in [3.05, 3.63) is 21.9 Å². The van der Waals surface area contributed by atoms with Crippen molar-refractivity contribution in [3.63, 3.8) is 0 Å². The number of halogens is 2. The van der Waals surface area contributed by atoms with Crippen molar-refractivity contribution >= 4 is 34.8 Å². The summed E-state index contributed by atoms with van der Waals surface area (Å²) in [5.74, 6) is 0.0191. The number of nitrogens with one attached hydrogen (secondary N) is 2. The molecule has 0 aromatic carbocycles. The first-order chi connectivity index (χ1) is 9.98. The first-order valence-corrected chi connectivity index (χ1v) is 8.09. The fourth-order valence-electron chi connectivity index (χ4n) is 2.96. The van der Waals surface area contributed by atoms with Crippen LogP contribution >= 0.6 is 23.2 Å². The Hall–Kier alpha value is -0.840. The molecule has 1 amide bonds. The van der Waals surface area contributed by atoms with Gasteiger partial charge in [-0.3, -0.25) is 4.79 Å². The lowest BCUT2D eigenvalue weighted by Gasteiger charge is -2.36. The molecule has 21 heavy (non-hydrogen) atoms. The molecule has 1 unspecified atom stereocenters. The SMILES string of the molecule is CCCC1(C(=O)Nc2c(C)cc(Cl)nc2Cl)CCCNC1. The topological polar surface area (TPSA) is 54.0 Å². The number of carbonyl (C=O) groups is 1. The molecule has 1 saturated heterocycles. The molecule has 2 N–H and O–H groups in total. The lowest BCUT2D eigenvalue weighted by molar-refractivity contribution is -0.127. The van der Waals surface area contributed by atoms with E-state index in [1.165, 1.54) is 0 Å². The molecule has 6 heteroatoms. The molecule has 0 spiro atoms. The number of rotatable bonds is 4. The van der Waals surface area contributed by atoms with E-state index in [4.69, 9.17) is 23.2 Å². The Balaban J connectivity index is 2.23. The van der Waals surface area contributed by atoms with Gasteiger partial charge in [0.15, 0.2) is 5.15 Å². The fraction of sp³-hybridized carbons (Fsp3) is 0.600. The Bertz CT molecular complexity index is 499. The van der Waals surface area contributed by atoms with Crippen LogP contribution in [0.5, 0.6) is 0 Å². The largest absolute Gasteiger partial charge is 0.323 e. The number of anilines is 1. The normalized spacial score (nSPS) is 22.1. The van der Waals surface area contributed by atoms with Crippen LogP contribution in [0.25, 0.3) is 0 Å². The van der Waals surface area contributed by atoms with Crippen LogP contribution in [0.2, 0.25) is 10.3 Å². The summed E-state index contributed by atoms with van der Waals surface area (Å²) in [5, 5.41) is 6.88. The van der Waals surface area contributed by atoms with Gasteiger partial charge in [-0.1, -0.05) is 36.5 Å². The van der Waals surface area contributed by atoms with Gasteiger partial charge in [0.25, 0.3) is 0 Å². The van der Waals surface area contributed by atoms with E-state index in [0.717, 1.165) is 37.8 Å². The Labute approximate surface area is 135 Å². The van der Waals surface area contributed by atoms with Crippen molar-refractivity contribution < 1.29 is 4.79 Å². The zero-order valence-electron chi connectivity index (χ0n) is 12.4. The smallest absolute Gasteiger partial charge is 0.231 e. The minimum atomic E-state index is -0.359. The van der Waals surface area contributed by atoms with Gasteiger partial charge in [-0.25, -0.2) is 4.98 Å². The van der Waals surface area contributed by atoms with Gasteiger partial charge < -0.3 is 10.6 Å². The predicted molar refractivity (Wildman–Crippen MR) is 87.1 cm³/mol. The van der Waals surface area contributed by atoms with Gasteiger partial charge in [0, 0.05) is 6.54 Å². The summed E-state index contributed by atoms with van der Waals surface area (Å²) in [6.45, 7) is 5.65. The molecule has 0 radical (unpaired) electrons. The van der Waals surface area contributed by atoms with E-state index in [2.05, 4.69) is 22.5 Å². The maximum absolute atomic E-state index is 12.8. The Morgan fingerprint density at radius 3 is 2.86 bits per heavy atom. The van der Waals surface area contributed by atoms with Gasteiger partial charge >= 0.3 is 0 Å². The predicted octanol–water partition coefficient (Wildman–Crippen LogP) is 3.81. The van der Waals surface area contributed by atoms with E-state index < -0.39 is 0 Å². The van der Waals surface area contributed by atoms with Gasteiger partial charge in [-0.15, -0.1) is 0 Å². The molecule has 1 aromatic rings. The zero-order chi connectivity index (χ0) is 15.5. The molecule has 0 saturated carbocycles. The monoisotopic (exact) mass is 329 g/mol. The Morgan fingerprint density at radius 1 is 1.52 bits per heavy atom. The highest BCUT2D eigenvalue weighted by Crippen LogP contribution is 2.35. The third-order valence-electron chi connectivity index (χ3n) is 4.06. The van der Waals surface area contributed by atoms with Crippen LogP contribution in [0.3, 0.4) is 0 Å². The number of nitrogens with zero attached hydrogens (tertiary/aromatic N) is 1. The van der Waals surface area contributed by atoms with E-state index in [-0.39, 0.29) is 16.5 Å². The fourth-order valence-corrected chi connectivity index (χ4v) is 3.54. The van der Waals surface area contributed by atoms with Crippen LogP contribution in [0.1, 0.15) is 38.2 Å². The van der Waals surface area contributed by atoms with E-state index in [1.54, 1.807) is 6.07 Å². The lowest BCUT2D eigenvalue weighted by Crippen LogP contribution is -2.48. The highest BCUT2D eigenvalue weighted by atomic mass is 35.5. The van der Waals surface area contributed by atoms with E-state index in [1.807, 2.05) is 6.92 Å². The standard InChI is InChI=1S/C15H21Cl2N3O/c1-3-5-15(6-4-7-18-9-15)14(21)20-12-10(2)8-11(16)19-13(12)17/h8,18H,3-7,9H2,1-2H3,(H,20,21). The lowest BCUT2D eigenvalue weighted by atomic mass is 9.76. The molecular formula is C15H21Cl2N3O. The van der Waals surface area contributed by atoms with Crippen molar-refractivity contribution in [1.29, 1.82) is 0 Å². The van der Waals surface area contributed by atoms with Crippen molar-refractivity contribution in [2.24, 2.45) is 5.41 Å². The molecule has 2 rings (SSSR count). The number of hydrogen-bond donors (Lipinski definition) is 2. The molecule has 4 nitrogen and oxygen atoms in total. The average Bonchev–Trinajstić information content (AvgIpc) is 2.44. The first-order valence-electron chi connectivity index (χ1n) is 7.33. The second-order valence-corrected chi connectivity index (χ2v) is 6.44. The van der Waals surface area contributed by atoms with Gasteiger partial charge in [0.2, 0.25) is 5.91 Å². The number of piperidine rings is 1. The number of carbonyl (C=O) groups excluding carboxylic acids is 1. The molecule has 1 fully saturated rings. The number of aromatic nitrogens is 1. The number of amides is 1. The number of aryl methyl sites for hydroxylation is 1. The third-order valence-corrected chi connectivity index (χ3v) is 4.53. The summed E-state index contributed by atoms with van der Waals surface area (Å²) >= 11 is 12.0. The van der Waals surface area contributed by atoms with E-state index >= 15 is 0 Å². The molecule has 0 aliphatic carbocycles. The minimum Gasteiger partial charge on any atom is -0.323 e. The Kier molecular flexibility index (Phi) is 5.47. The number of hydrogen-bond acceptors (Lipinski definition) is 3. The molecule has 1 aliphatic heterocycles. The zero-order valence-corrected chi connectivity index (χ0v) is 13.9. The second-order valence-electron chi connectivity index (χ2n) is 5.69. The molecule has 0 bridgehead atoms. The van der Waals surface area contributed by atoms with Crippen molar-refractivity contribution in [2.75, 3.05) is 18.4 Å². The van der Waals surface area contributed by atoms with Gasteiger partial charge in [-0.2, -0.15) is 0 Å². The summed E-state index contributed by atoms with van der Waals surface area (Å²) in [6.07, 6.45) is 3.75. The second kappa shape index (κ2) is 6.95. The highest BCUT2D eigenvalue weighted by Gasteiger charge is 2.39. The maximum Gasteiger partial charge on any atom is 0.231 e. The average molecular weight is 330 g/mol. The molecule has 116 valence electrons. The quantitative estimate of drug-likeness (QED) is 0.826. The molecule has 1 aromatic heterocycles. The molecule has 1 aliphatic rings. The highest BCUT2D eigenvalue weighted by molar-refractivity contribution is 6.34. The molecule has 2 heterocycles. The summed E-state index contributed by atoms with van der Waals surface area (Å²) in [6, 6.07) is 1.70. The van der Waals surface area contributed by atoms with Crippen LogP contribution in [-0.4, -0.2) is 24.0 Å². The van der Waals surface area contributed by atoms with Crippen molar-refractivity contribution in [1.82, 2.24) is 10.3 Å². The van der Waals surface area contributed by atoms with Crippen molar-refractivity contribution in [3.8, 4) is 0 Å². The van der Waals surface area contributed by atoms with Crippen molar-refractivity contribution in [2.45, 2.75) is 39.5 Å².